The molecule has 3 aromatic carbocycles. The molecule has 3 heterocycles. The Kier molecular flexibility index (Phi) is 8.32. The molecule has 2 fully saturated rings. The van der Waals surface area contributed by atoms with E-state index in [0.29, 0.717) is 52.7 Å². The van der Waals surface area contributed by atoms with Gasteiger partial charge in [0.05, 0.1) is 32.1 Å². The highest BCUT2D eigenvalue weighted by Gasteiger charge is 2.29. The molecule has 0 unspecified atom stereocenters. The van der Waals surface area contributed by atoms with Crippen LogP contribution >= 0.6 is 0 Å². The van der Waals surface area contributed by atoms with Crippen molar-refractivity contribution in [1.29, 1.82) is 0 Å². The van der Waals surface area contributed by atoms with Crippen LogP contribution < -0.4 is 16.0 Å². The maximum absolute atomic E-state index is 14.0. The van der Waals surface area contributed by atoms with Crippen LogP contribution in [0, 0.1) is 5.82 Å². The van der Waals surface area contributed by atoms with Crippen molar-refractivity contribution in [2.24, 2.45) is 5.73 Å². The number of rotatable bonds is 8. The number of carbonyl (C=O) groups is 1. The summed E-state index contributed by atoms with van der Waals surface area (Å²) < 4.78 is 46.7. The fraction of sp³-hybridized carbons (Fsp3) is 0.375. The smallest absolute Gasteiger partial charge is 0.250 e. The lowest BCUT2D eigenvalue weighted by Crippen LogP contribution is -2.49. The van der Waals surface area contributed by atoms with Crippen molar-refractivity contribution in [3.8, 4) is 11.3 Å². The Morgan fingerprint density at radius 2 is 1.77 bits per heavy atom. The topological polar surface area (TPSA) is 134 Å². The first-order valence-electron chi connectivity index (χ1n) is 14.9. The van der Waals surface area contributed by atoms with Crippen molar-refractivity contribution < 1.29 is 22.3 Å². The molecule has 12 heteroatoms. The summed E-state index contributed by atoms with van der Waals surface area (Å²) in [6, 6.07) is 13.8. The second-order valence-corrected chi connectivity index (χ2v) is 13.6. The number of amides is 1. The van der Waals surface area contributed by atoms with Gasteiger partial charge in [0.15, 0.2) is 0 Å². The van der Waals surface area contributed by atoms with Gasteiger partial charge in [-0.15, -0.1) is 0 Å². The molecule has 0 spiro atoms. The van der Waals surface area contributed by atoms with Gasteiger partial charge in [0, 0.05) is 62.6 Å². The third-order valence-corrected chi connectivity index (χ3v) is 10.3. The monoisotopic (exact) mass is 620 g/mol. The summed E-state index contributed by atoms with van der Waals surface area (Å²) >= 11 is 0. The van der Waals surface area contributed by atoms with Crippen LogP contribution in [-0.4, -0.2) is 80.9 Å². The van der Waals surface area contributed by atoms with E-state index in [1.54, 1.807) is 18.2 Å². The number of carbonyl (C=O) groups excluding carboxylic acids is 1. The zero-order chi connectivity index (χ0) is 31.0. The third-order valence-electron chi connectivity index (χ3n) is 8.59. The Labute approximate surface area is 256 Å². The molecule has 10 nitrogen and oxygen atoms in total. The van der Waals surface area contributed by atoms with Gasteiger partial charge in [0.2, 0.25) is 9.84 Å². The second kappa shape index (κ2) is 12.2. The number of nitrogens with one attached hydrogen (secondary N) is 2. The minimum absolute atomic E-state index is 0.00958. The van der Waals surface area contributed by atoms with E-state index in [1.807, 2.05) is 6.07 Å². The molecule has 1 aromatic heterocycles. The highest BCUT2D eigenvalue weighted by atomic mass is 32.2. The molecule has 4 aromatic rings. The minimum atomic E-state index is -4.03. The number of nitrogens with two attached hydrogens (primary N) is 1. The molecular formula is C32H37FN6O4S. The number of anilines is 2. The molecule has 6 rings (SSSR count). The van der Waals surface area contributed by atoms with Crippen LogP contribution in [0.3, 0.4) is 0 Å². The number of hydrogen-bond acceptors (Lipinski definition) is 8. The van der Waals surface area contributed by atoms with Gasteiger partial charge in [0.25, 0.3) is 5.91 Å². The van der Waals surface area contributed by atoms with E-state index in [0.717, 1.165) is 50.8 Å². The van der Waals surface area contributed by atoms with Gasteiger partial charge >= 0.3 is 0 Å². The summed E-state index contributed by atoms with van der Waals surface area (Å²) in [7, 11) is -4.03. The van der Waals surface area contributed by atoms with Gasteiger partial charge in [-0.25, -0.2) is 12.8 Å². The van der Waals surface area contributed by atoms with E-state index in [4.69, 9.17) is 15.6 Å². The number of aromatic amines is 1. The summed E-state index contributed by atoms with van der Waals surface area (Å²) in [6.07, 6.45) is 1.51. The lowest BCUT2D eigenvalue weighted by molar-refractivity contribution is 0.0904. The predicted molar refractivity (Wildman–Crippen MR) is 168 cm³/mol. The molecule has 2 aliphatic heterocycles. The molecule has 0 aliphatic carbocycles. The van der Waals surface area contributed by atoms with E-state index in [2.05, 4.69) is 34.1 Å². The van der Waals surface area contributed by atoms with Gasteiger partial charge in [-0.3, -0.25) is 14.8 Å². The van der Waals surface area contributed by atoms with Crippen LogP contribution in [0.25, 0.3) is 22.2 Å². The Bertz CT molecular complexity index is 1790. The molecule has 0 radical (unpaired) electrons. The first-order chi connectivity index (χ1) is 21.1. The summed E-state index contributed by atoms with van der Waals surface area (Å²) in [6.45, 7) is 8.83. The average molecular weight is 621 g/mol. The number of halogens is 1. The number of H-pyrrole nitrogens is 1. The van der Waals surface area contributed by atoms with Gasteiger partial charge in [-0.05, 0) is 75.2 Å². The summed E-state index contributed by atoms with van der Waals surface area (Å²) in [5, 5.41) is 11.9. The first-order valence-corrected chi connectivity index (χ1v) is 16.4. The average Bonchev–Trinajstić information content (AvgIpc) is 3.44. The molecule has 4 N–H and O–H groups in total. The second-order valence-electron chi connectivity index (χ2n) is 11.6. The van der Waals surface area contributed by atoms with Gasteiger partial charge in [0.1, 0.15) is 11.5 Å². The molecule has 0 atom stereocenters. The highest BCUT2D eigenvalue weighted by Crippen LogP contribution is 2.43. The number of benzene rings is 3. The van der Waals surface area contributed by atoms with E-state index in [-0.39, 0.29) is 15.8 Å². The maximum atomic E-state index is 14.0. The Hall–Kier alpha value is -4.00. The summed E-state index contributed by atoms with van der Waals surface area (Å²) in [4.78, 5) is 17.4. The Morgan fingerprint density at radius 3 is 2.45 bits per heavy atom. The van der Waals surface area contributed by atoms with Gasteiger partial charge in [-0.2, -0.15) is 5.10 Å². The number of hydrogen-bond donors (Lipinski definition) is 3. The number of ether oxygens (including phenoxy) is 1. The minimum Gasteiger partial charge on any atom is -0.381 e. The van der Waals surface area contributed by atoms with Crippen molar-refractivity contribution in [2.45, 2.75) is 48.6 Å². The molecular weight excluding hydrogens is 583 g/mol. The fourth-order valence-corrected chi connectivity index (χ4v) is 7.41. The zero-order valence-electron chi connectivity index (χ0n) is 24.8. The summed E-state index contributed by atoms with van der Waals surface area (Å²) in [5.74, 6) is -1.21. The Morgan fingerprint density at radius 1 is 1.05 bits per heavy atom. The molecule has 2 saturated heterocycles. The van der Waals surface area contributed by atoms with E-state index in [1.165, 1.54) is 24.3 Å². The van der Waals surface area contributed by atoms with Crippen molar-refractivity contribution in [2.75, 3.05) is 49.6 Å². The Balaban J connectivity index is 1.53. The standard InChI is InChI=1S/C32H37FN6O4S/c1-20(2)38-12-14-39(15-13-38)28-9-7-25(32(34)40)30(35-22-10-16-43-17-11-22)29(28)31-26-19-24(6-8-27(26)36-37-31)44(41,42)23-5-3-4-21(33)18-23/h3-9,18-20,22,35H,10-17H2,1-2H3,(H2,34,40)(H,36,37). The number of piperazine rings is 1. The van der Waals surface area contributed by atoms with Crippen LogP contribution in [0.5, 0.6) is 0 Å². The molecule has 2 aliphatic rings. The van der Waals surface area contributed by atoms with Crippen LogP contribution in [0.1, 0.15) is 37.0 Å². The van der Waals surface area contributed by atoms with Gasteiger partial charge < -0.3 is 20.7 Å². The van der Waals surface area contributed by atoms with Crippen molar-refractivity contribution in [3.05, 3.63) is 66.0 Å². The van der Waals surface area contributed by atoms with Crippen LogP contribution in [-0.2, 0) is 14.6 Å². The lowest BCUT2D eigenvalue weighted by Gasteiger charge is -2.39. The molecule has 0 bridgehead atoms. The number of aromatic nitrogens is 2. The normalized spacial score (nSPS) is 17.0. The van der Waals surface area contributed by atoms with E-state index in [9.17, 15) is 17.6 Å². The fourth-order valence-electron chi connectivity index (χ4n) is 6.10. The maximum Gasteiger partial charge on any atom is 0.250 e. The summed E-state index contributed by atoms with van der Waals surface area (Å²) in [5.41, 5.74) is 9.50. The van der Waals surface area contributed by atoms with Crippen molar-refractivity contribution in [1.82, 2.24) is 15.1 Å². The SMILES string of the molecule is CC(C)N1CCN(c2ccc(C(N)=O)c(NC3CCOCC3)c2-c2n[nH]c3ccc(S(=O)(=O)c4cccc(F)c4)cc23)CC1. The van der Waals surface area contributed by atoms with E-state index < -0.39 is 21.6 Å². The van der Waals surface area contributed by atoms with Crippen molar-refractivity contribution in [3.63, 3.8) is 0 Å². The molecule has 232 valence electrons. The lowest BCUT2D eigenvalue weighted by atomic mass is 9.96. The highest BCUT2D eigenvalue weighted by molar-refractivity contribution is 7.91. The number of fused-ring (bicyclic) bond motifs is 1. The predicted octanol–water partition coefficient (Wildman–Crippen LogP) is 4.42. The quantitative estimate of drug-likeness (QED) is 0.264. The molecule has 1 amide bonds. The third kappa shape index (κ3) is 5.76. The largest absolute Gasteiger partial charge is 0.381 e. The van der Waals surface area contributed by atoms with Crippen LogP contribution in [0.15, 0.2) is 64.4 Å². The number of sulfone groups is 1. The number of primary amides is 1. The van der Waals surface area contributed by atoms with Gasteiger partial charge in [-0.1, -0.05) is 6.07 Å². The molecule has 0 saturated carbocycles. The first kappa shape index (κ1) is 30.0. The van der Waals surface area contributed by atoms with Crippen molar-refractivity contribution >= 4 is 38.0 Å². The van der Waals surface area contributed by atoms with Crippen LogP contribution in [0.4, 0.5) is 15.8 Å². The van der Waals surface area contributed by atoms with Crippen LogP contribution in [0.2, 0.25) is 0 Å². The van der Waals surface area contributed by atoms with E-state index >= 15 is 0 Å². The molecule has 44 heavy (non-hydrogen) atoms. The number of nitrogens with zero attached hydrogens (tertiary/aromatic N) is 3. The zero-order valence-corrected chi connectivity index (χ0v) is 25.7.